The fourth-order valence-electron chi connectivity index (χ4n) is 9.09. The minimum Gasteiger partial charge on any atom is -0.492 e. The molecule has 3 aromatic carbocycles. The van der Waals surface area contributed by atoms with Gasteiger partial charge in [0.1, 0.15) is 36.1 Å². The number of aromatic nitrogens is 4. The van der Waals surface area contributed by atoms with Crippen LogP contribution in [0.1, 0.15) is 69.3 Å². The molecule has 6 aromatic rings. The van der Waals surface area contributed by atoms with Crippen LogP contribution in [0.25, 0.3) is 22.0 Å². The van der Waals surface area contributed by atoms with Gasteiger partial charge in [-0.2, -0.15) is 4.98 Å². The minimum absolute atomic E-state index is 0.0979. The number of pyridine rings is 1. The average Bonchev–Trinajstić information content (AvgIpc) is 3.64. The van der Waals surface area contributed by atoms with Crippen molar-refractivity contribution in [2.24, 2.45) is 0 Å². The fraction of sp³-hybridized carbons (Fsp3) is 0.417. The molecule has 0 radical (unpaired) electrons. The number of carbonyl (C=O) groups is 2. The average molecular weight is 1020 g/mol. The molecule has 0 spiro atoms. The molecule has 5 N–H and O–H groups in total. The monoisotopic (exact) mass is 1020 g/mol. The van der Waals surface area contributed by atoms with E-state index in [-0.39, 0.29) is 41.9 Å². The Bertz CT molecular complexity index is 2990. The van der Waals surface area contributed by atoms with Crippen molar-refractivity contribution in [3.05, 3.63) is 92.1 Å². The van der Waals surface area contributed by atoms with Crippen molar-refractivity contribution in [2.45, 2.75) is 77.8 Å². The second kappa shape index (κ2) is 20.9. The van der Waals surface area contributed by atoms with E-state index in [1.54, 1.807) is 25.6 Å². The van der Waals surface area contributed by atoms with E-state index in [9.17, 15) is 18.9 Å². The van der Waals surface area contributed by atoms with Crippen LogP contribution in [0.4, 0.5) is 37.6 Å². The van der Waals surface area contributed by atoms with E-state index in [4.69, 9.17) is 14.1 Å². The molecule has 16 nitrogen and oxygen atoms in total. The first kappa shape index (κ1) is 48.7. The summed E-state index contributed by atoms with van der Waals surface area (Å²) in [6, 6.07) is 11.2. The van der Waals surface area contributed by atoms with Gasteiger partial charge in [-0.25, -0.2) is 23.5 Å². The molecule has 68 heavy (non-hydrogen) atoms. The van der Waals surface area contributed by atoms with Crippen molar-refractivity contribution < 1.29 is 32.1 Å². The fourth-order valence-corrected chi connectivity index (χ4v) is 10.8. The van der Waals surface area contributed by atoms with Crippen molar-refractivity contribution in [2.75, 3.05) is 68.2 Å². The number of anilines is 5. The molecule has 0 bridgehead atoms. The smallest absolute Gasteiger partial charge is 0.420 e. The number of hydrogen-bond acceptors (Lipinski definition) is 14. The van der Waals surface area contributed by atoms with Gasteiger partial charge in [0.05, 0.1) is 28.0 Å². The number of rotatable bonds is 18. The molecule has 2 aliphatic rings. The molecule has 5 heterocycles. The summed E-state index contributed by atoms with van der Waals surface area (Å²) in [6.45, 7) is 13.2. The molecular formula is C48H56BrF2N10O6P. The predicted octanol–water partition coefficient (Wildman–Crippen LogP) is 7.60. The highest BCUT2D eigenvalue weighted by Crippen LogP contribution is 2.43. The van der Waals surface area contributed by atoms with Crippen LogP contribution >= 0.6 is 23.1 Å². The summed E-state index contributed by atoms with van der Waals surface area (Å²) in [7, 11) is -2.94. The molecule has 1 atom stereocenters. The molecule has 1 unspecified atom stereocenters. The zero-order chi connectivity index (χ0) is 48.3. The van der Waals surface area contributed by atoms with E-state index in [1.807, 2.05) is 19.9 Å². The lowest BCUT2D eigenvalue weighted by Gasteiger charge is -2.35. The van der Waals surface area contributed by atoms with E-state index >= 15 is 8.78 Å². The van der Waals surface area contributed by atoms with Crippen molar-refractivity contribution >= 4 is 91.0 Å². The number of piperidine rings is 2. The van der Waals surface area contributed by atoms with Crippen LogP contribution in [0.5, 0.6) is 5.75 Å². The molecule has 2 amide bonds. The summed E-state index contributed by atoms with van der Waals surface area (Å²) < 4.78 is 57.7. The summed E-state index contributed by atoms with van der Waals surface area (Å²) >= 11 is 3.54. The number of nitrogens with one attached hydrogen (secondary N) is 5. The Morgan fingerprint density at radius 3 is 2.44 bits per heavy atom. The number of benzene rings is 3. The van der Waals surface area contributed by atoms with Crippen LogP contribution in [0.3, 0.4) is 0 Å². The van der Waals surface area contributed by atoms with E-state index < -0.39 is 42.4 Å². The van der Waals surface area contributed by atoms with Gasteiger partial charge in [0.15, 0.2) is 11.4 Å². The van der Waals surface area contributed by atoms with Crippen molar-refractivity contribution in [1.29, 1.82) is 0 Å². The van der Waals surface area contributed by atoms with E-state index in [2.05, 4.69) is 76.4 Å². The molecule has 2 saturated heterocycles. The maximum Gasteiger partial charge on any atom is 0.420 e. The number of carbonyl (C=O) groups excluding carboxylic acids is 2. The van der Waals surface area contributed by atoms with Gasteiger partial charge in [-0.15, -0.1) is 0 Å². The summed E-state index contributed by atoms with van der Waals surface area (Å²) in [5.41, 5.74) is 4.87. The summed E-state index contributed by atoms with van der Waals surface area (Å²) in [4.78, 5) is 53.2. The SMILES string of the molecule is CCOc1cc(N2CCC(NCCNCCc3c(F)ccc4c3oc(=O)n4C3CCC(=O)NC3=O)CC2)c(CC)cc1Nc1ncc(Br)c(Nc2cc(F)c3nc(CC)ccc3c2P(C)(C)=O)n1. The van der Waals surface area contributed by atoms with Gasteiger partial charge in [-0.05, 0) is 111 Å². The lowest BCUT2D eigenvalue weighted by molar-refractivity contribution is -0.135. The molecule has 2 aliphatic heterocycles. The Morgan fingerprint density at radius 1 is 0.926 bits per heavy atom. The molecule has 20 heteroatoms. The Morgan fingerprint density at radius 2 is 1.72 bits per heavy atom. The van der Waals surface area contributed by atoms with Gasteiger partial charge < -0.3 is 39.9 Å². The second-order valence-electron chi connectivity index (χ2n) is 17.4. The lowest BCUT2D eigenvalue weighted by Crippen LogP contribution is -2.44. The largest absolute Gasteiger partial charge is 0.492 e. The molecule has 2 fully saturated rings. The third kappa shape index (κ3) is 10.5. The van der Waals surface area contributed by atoms with Gasteiger partial charge in [0, 0.05) is 84.6 Å². The number of halogens is 3. The first-order valence-corrected chi connectivity index (χ1v) is 26.5. The molecule has 0 aliphatic carbocycles. The Hall–Kier alpha value is -5.75. The number of amides is 2. The highest BCUT2D eigenvalue weighted by molar-refractivity contribution is 9.10. The lowest BCUT2D eigenvalue weighted by atomic mass is 10.0. The molecule has 3 aromatic heterocycles. The zero-order valence-electron chi connectivity index (χ0n) is 38.7. The molecular weight excluding hydrogens is 961 g/mol. The van der Waals surface area contributed by atoms with Crippen LogP contribution < -0.4 is 47.3 Å². The van der Waals surface area contributed by atoms with Crippen molar-refractivity contribution in [3.8, 4) is 5.75 Å². The second-order valence-corrected chi connectivity index (χ2v) is 21.4. The van der Waals surface area contributed by atoms with Crippen LogP contribution in [-0.4, -0.2) is 90.0 Å². The van der Waals surface area contributed by atoms with Gasteiger partial charge in [0.2, 0.25) is 17.8 Å². The topological polar surface area (TPSA) is 198 Å². The highest BCUT2D eigenvalue weighted by atomic mass is 79.9. The van der Waals surface area contributed by atoms with E-state index in [0.29, 0.717) is 82.3 Å². The summed E-state index contributed by atoms with van der Waals surface area (Å²) in [5, 5.41) is 16.8. The minimum atomic E-state index is -2.94. The first-order chi connectivity index (χ1) is 32.7. The number of ether oxygens (including phenoxy) is 1. The van der Waals surface area contributed by atoms with E-state index in [0.717, 1.165) is 49.3 Å². The Balaban J connectivity index is 0.878. The standard InChI is InChI=1S/C48H56BrF2N10O6P/c1-6-27-23-35(57-47-54-26-32(49)45(59-47)56-36-24-34(51)42-31(44(36)68(4,5)65)10-9-28(7-2)55-42)40(66-8-3)25-39(27)60-21-16-29(17-22-60)53-20-19-52-18-15-30-33(50)11-12-37-43(30)67-48(64)61(37)38-13-14-41(62)58-46(38)63/h9-12,23-26,29,38,52-53H,6-8,13-22H2,1-5H3,(H,58,62,63)(H2,54,56,57,59). The zero-order valence-corrected chi connectivity index (χ0v) is 41.2. The van der Waals surface area contributed by atoms with Crippen LogP contribution in [-0.2, 0) is 33.4 Å². The maximum atomic E-state index is 15.6. The number of imide groups is 1. The Kier molecular flexibility index (Phi) is 14.9. The normalized spacial score (nSPS) is 15.9. The molecule has 0 saturated carbocycles. The summed E-state index contributed by atoms with van der Waals surface area (Å²) in [5.74, 6) is -1.48. The third-order valence-electron chi connectivity index (χ3n) is 12.4. The van der Waals surface area contributed by atoms with E-state index in [1.165, 1.54) is 22.8 Å². The number of oxazole rings is 1. The third-order valence-corrected chi connectivity index (χ3v) is 14.6. The van der Waals surface area contributed by atoms with Crippen LogP contribution in [0.2, 0.25) is 0 Å². The van der Waals surface area contributed by atoms with Crippen LogP contribution in [0.15, 0.2) is 62.3 Å². The maximum absolute atomic E-state index is 15.6. The highest BCUT2D eigenvalue weighted by Gasteiger charge is 2.32. The molecule has 8 rings (SSSR count). The number of fused-ring (bicyclic) bond motifs is 2. The molecule has 360 valence electrons. The predicted molar refractivity (Wildman–Crippen MR) is 265 cm³/mol. The van der Waals surface area contributed by atoms with Crippen molar-refractivity contribution in [3.63, 3.8) is 0 Å². The number of nitrogens with zero attached hydrogens (tertiary/aromatic N) is 5. The Labute approximate surface area is 400 Å². The summed E-state index contributed by atoms with van der Waals surface area (Å²) in [6.07, 6.45) is 5.40. The quantitative estimate of drug-likeness (QED) is 0.0321. The van der Waals surface area contributed by atoms with Gasteiger partial charge >= 0.3 is 5.76 Å². The number of hydrogen-bond donors (Lipinski definition) is 5. The van der Waals surface area contributed by atoms with Crippen LogP contribution in [0, 0.1) is 11.6 Å². The first-order valence-electron chi connectivity index (χ1n) is 23.1. The van der Waals surface area contributed by atoms with Crippen molar-refractivity contribution in [1.82, 2.24) is 35.5 Å². The van der Waals surface area contributed by atoms with Gasteiger partial charge in [-0.3, -0.25) is 19.5 Å². The van der Waals surface area contributed by atoms with Gasteiger partial charge in [-0.1, -0.05) is 19.9 Å². The van der Waals surface area contributed by atoms with Gasteiger partial charge in [0.25, 0.3) is 0 Å². The number of aryl methyl sites for hydroxylation is 2.